The van der Waals surface area contributed by atoms with Crippen LogP contribution >= 0.6 is 0 Å². The Bertz CT molecular complexity index is 476. The van der Waals surface area contributed by atoms with Crippen LogP contribution in [0.25, 0.3) is 0 Å². The monoisotopic (exact) mass is 321 g/mol. The summed E-state index contributed by atoms with van der Waals surface area (Å²) in [5.74, 6) is 1.01. The summed E-state index contributed by atoms with van der Waals surface area (Å²) in [6.07, 6.45) is 0. The quantitative estimate of drug-likeness (QED) is 0.722. The number of hydrogen-bond acceptors (Lipinski definition) is 4. The van der Waals surface area contributed by atoms with E-state index in [9.17, 15) is 0 Å². The maximum atomic E-state index is 6.03. The minimum absolute atomic E-state index is 0.0819. The zero-order chi connectivity index (χ0) is 16.7. The van der Waals surface area contributed by atoms with Gasteiger partial charge in [0.1, 0.15) is 12.4 Å². The second-order valence-corrected chi connectivity index (χ2v) is 7.12. The molecule has 0 unspecified atom stereocenters. The highest BCUT2D eigenvalue weighted by molar-refractivity contribution is 5.44. The van der Waals surface area contributed by atoms with E-state index >= 15 is 0 Å². The lowest BCUT2D eigenvalue weighted by molar-refractivity contribution is 0.0169. The summed E-state index contributed by atoms with van der Waals surface area (Å²) >= 11 is 0. The van der Waals surface area contributed by atoms with Crippen molar-refractivity contribution in [1.29, 1.82) is 0 Å². The molecule has 23 heavy (non-hydrogen) atoms. The number of para-hydroxylation sites is 1. The van der Waals surface area contributed by atoms with Crippen LogP contribution in [-0.2, 0) is 14.9 Å². The number of benzene rings is 1. The molecule has 4 heteroatoms. The molecule has 1 saturated heterocycles. The van der Waals surface area contributed by atoms with Gasteiger partial charge in [-0.25, -0.2) is 0 Å². The van der Waals surface area contributed by atoms with Crippen molar-refractivity contribution >= 4 is 0 Å². The summed E-state index contributed by atoms with van der Waals surface area (Å²) in [5.41, 5.74) is 2.52. The Morgan fingerprint density at radius 3 is 2.52 bits per heavy atom. The molecule has 1 aliphatic rings. The summed E-state index contributed by atoms with van der Waals surface area (Å²) in [6, 6.07) is 6.35. The van der Waals surface area contributed by atoms with Gasteiger partial charge in [-0.15, -0.1) is 0 Å². The lowest BCUT2D eigenvalue weighted by Gasteiger charge is -2.26. The Balaban J connectivity index is 1.72. The molecule has 1 aliphatic heterocycles. The molecule has 130 valence electrons. The highest BCUT2D eigenvalue weighted by Gasteiger charge is 2.20. The zero-order valence-electron chi connectivity index (χ0n) is 15.1. The number of nitrogens with zero attached hydrogens (tertiary/aromatic N) is 1. The van der Waals surface area contributed by atoms with E-state index in [0.717, 1.165) is 45.2 Å². The van der Waals surface area contributed by atoms with Crippen LogP contribution in [0.5, 0.6) is 5.75 Å². The Labute approximate surface area is 140 Å². The molecule has 4 nitrogen and oxygen atoms in total. The van der Waals surface area contributed by atoms with Gasteiger partial charge in [0.25, 0.3) is 0 Å². The Morgan fingerprint density at radius 1 is 1.09 bits per heavy atom. The molecule has 0 radical (unpaired) electrons. The molecule has 1 aromatic carbocycles. The second kappa shape index (κ2) is 8.67. The van der Waals surface area contributed by atoms with E-state index in [1.165, 1.54) is 11.1 Å². The van der Waals surface area contributed by atoms with E-state index in [-0.39, 0.29) is 5.41 Å². The van der Waals surface area contributed by atoms with Crippen LogP contribution in [0.1, 0.15) is 31.9 Å². The standard InChI is InChI=1S/C19H31NO3/c1-16-6-5-7-17(19(2,3)4)18(16)23-15-14-22-13-10-20-8-11-21-12-9-20/h5-7H,8-15H2,1-4H3. The highest BCUT2D eigenvalue weighted by Crippen LogP contribution is 2.33. The smallest absolute Gasteiger partial charge is 0.126 e. The highest BCUT2D eigenvalue weighted by atomic mass is 16.5. The molecule has 0 bridgehead atoms. The van der Waals surface area contributed by atoms with Crippen LogP contribution in [0.15, 0.2) is 18.2 Å². The zero-order valence-corrected chi connectivity index (χ0v) is 15.1. The number of aryl methyl sites for hydroxylation is 1. The molecule has 0 N–H and O–H groups in total. The molecule has 0 amide bonds. The van der Waals surface area contributed by atoms with E-state index in [2.05, 4.69) is 50.8 Å². The van der Waals surface area contributed by atoms with Gasteiger partial charge in [0, 0.05) is 19.6 Å². The van der Waals surface area contributed by atoms with E-state index in [1.807, 2.05) is 0 Å². The summed E-state index contributed by atoms with van der Waals surface area (Å²) < 4.78 is 17.1. The summed E-state index contributed by atoms with van der Waals surface area (Å²) in [6.45, 7) is 15.4. The van der Waals surface area contributed by atoms with Gasteiger partial charge in [0.05, 0.1) is 26.4 Å². The Kier molecular flexibility index (Phi) is 6.88. The van der Waals surface area contributed by atoms with E-state index in [1.54, 1.807) is 0 Å². The van der Waals surface area contributed by atoms with Crippen LogP contribution in [0, 0.1) is 6.92 Å². The molecule has 0 spiro atoms. The third kappa shape index (κ3) is 5.79. The van der Waals surface area contributed by atoms with E-state index in [4.69, 9.17) is 14.2 Å². The maximum absolute atomic E-state index is 6.03. The number of morpholine rings is 1. The normalized spacial score (nSPS) is 16.5. The van der Waals surface area contributed by atoms with Gasteiger partial charge in [-0.3, -0.25) is 4.90 Å². The first-order valence-corrected chi connectivity index (χ1v) is 8.59. The topological polar surface area (TPSA) is 30.9 Å². The van der Waals surface area contributed by atoms with Gasteiger partial charge in [0.15, 0.2) is 0 Å². The third-order valence-corrected chi connectivity index (χ3v) is 4.15. The molecule has 0 aliphatic carbocycles. The molecular formula is C19H31NO3. The minimum Gasteiger partial charge on any atom is -0.491 e. The fraction of sp³-hybridized carbons (Fsp3) is 0.684. The SMILES string of the molecule is Cc1cccc(C(C)(C)C)c1OCCOCCN1CCOCC1. The van der Waals surface area contributed by atoms with Gasteiger partial charge in [-0.05, 0) is 23.5 Å². The molecule has 1 aromatic rings. The third-order valence-electron chi connectivity index (χ3n) is 4.15. The van der Waals surface area contributed by atoms with Crippen LogP contribution in [0.4, 0.5) is 0 Å². The van der Waals surface area contributed by atoms with Crippen molar-refractivity contribution in [3.05, 3.63) is 29.3 Å². The Morgan fingerprint density at radius 2 is 1.83 bits per heavy atom. The number of rotatable bonds is 7. The maximum Gasteiger partial charge on any atom is 0.126 e. The molecule has 0 aromatic heterocycles. The first kappa shape index (κ1) is 18.2. The van der Waals surface area contributed by atoms with Crippen LogP contribution in [0.3, 0.4) is 0 Å². The predicted molar refractivity (Wildman–Crippen MR) is 93.5 cm³/mol. The molecule has 0 atom stereocenters. The van der Waals surface area contributed by atoms with Crippen molar-refractivity contribution in [3.63, 3.8) is 0 Å². The largest absolute Gasteiger partial charge is 0.491 e. The molecule has 1 fully saturated rings. The average molecular weight is 321 g/mol. The summed E-state index contributed by atoms with van der Waals surface area (Å²) in [5, 5.41) is 0. The first-order valence-electron chi connectivity index (χ1n) is 8.59. The lowest BCUT2D eigenvalue weighted by atomic mass is 9.85. The molecular weight excluding hydrogens is 290 g/mol. The molecule has 0 saturated carbocycles. The van der Waals surface area contributed by atoms with Crippen molar-refractivity contribution < 1.29 is 14.2 Å². The average Bonchev–Trinajstić information content (AvgIpc) is 2.52. The van der Waals surface area contributed by atoms with Crippen LogP contribution in [-0.4, -0.2) is 57.6 Å². The van der Waals surface area contributed by atoms with Crippen molar-refractivity contribution in [1.82, 2.24) is 4.90 Å². The van der Waals surface area contributed by atoms with Crippen LogP contribution in [0.2, 0.25) is 0 Å². The number of ether oxygens (including phenoxy) is 3. The van der Waals surface area contributed by atoms with Crippen molar-refractivity contribution in [2.75, 3.05) is 52.7 Å². The van der Waals surface area contributed by atoms with E-state index in [0.29, 0.717) is 13.2 Å². The van der Waals surface area contributed by atoms with Crippen LogP contribution < -0.4 is 4.74 Å². The van der Waals surface area contributed by atoms with Gasteiger partial charge in [0.2, 0.25) is 0 Å². The molecule has 1 heterocycles. The van der Waals surface area contributed by atoms with Gasteiger partial charge >= 0.3 is 0 Å². The van der Waals surface area contributed by atoms with Gasteiger partial charge in [-0.1, -0.05) is 39.0 Å². The van der Waals surface area contributed by atoms with Crippen molar-refractivity contribution in [2.45, 2.75) is 33.1 Å². The van der Waals surface area contributed by atoms with Crippen molar-refractivity contribution in [3.8, 4) is 5.75 Å². The van der Waals surface area contributed by atoms with Crippen molar-refractivity contribution in [2.24, 2.45) is 0 Å². The minimum atomic E-state index is 0.0819. The fourth-order valence-corrected chi connectivity index (χ4v) is 2.76. The second-order valence-electron chi connectivity index (χ2n) is 7.12. The van der Waals surface area contributed by atoms with Gasteiger partial charge in [-0.2, -0.15) is 0 Å². The summed E-state index contributed by atoms with van der Waals surface area (Å²) in [7, 11) is 0. The first-order chi connectivity index (χ1) is 11.0. The summed E-state index contributed by atoms with van der Waals surface area (Å²) in [4.78, 5) is 2.38. The van der Waals surface area contributed by atoms with E-state index < -0.39 is 0 Å². The molecule has 2 rings (SSSR count). The predicted octanol–water partition coefficient (Wildman–Crippen LogP) is 3.02. The van der Waals surface area contributed by atoms with Gasteiger partial charge < -0.3 is 14.2 Å². The Hall–Kier alpha value is -1.10. The lowest BCUT2D eigenvalue weighted by Crippen LogP contribution is -2.38. The fourth-order valence-electron chi connectivity index (χ4n) is 2.76. The number of hydrogen-bond donors (Lipinski definition) is 0.